The van der Waals surface area contributed by atoms with E-state index in [2.05, 4.69) is 12.1 Å². The topological polar surface area (TPSA) is 37.3 Å². The van der Waals surface area contributed by atoms with Crippen molar-refractivity contribution in [2.75, 3.05) is 0 Å². The first-order chi connectivity index (χ1) is 8.25. The molecule has 3 aromatic rings. The monoisotopic (exact) mass is 242 g/mol. The molecule has 0 fully saturated rings. The molecular formula is C14H10O2S. The summed E-state index contributed by atoms with van der Waals surface area (Å²) in [6, 6.07) is 14.0. The SMILES string of the molecule is O=C(O)Cc1cccc2sc3ccccc3c12. The molecule has 3 rings (SSSR count). The molecule has 0 radical (unpaired) electrons. The Morgan fingerprint density at radius 3 is 2.65 bits per heavy atom. The standard InChI is InChI=1S/C14H10O2S/c15-13(16)8-9-4-3-7-12-14(9)10-5-1-2-6-11(10)17-12/h1-7H,8H2,(H,15,16). The Hall–Kier alpha value is -1.87. The Morgan fingerprint density at radius 1 is 1.06 bits per heavy atom. The Bertz CT molecular complexity index is 712. The highest BCUT2D eigenvalue weighted by molar-refractivity contribution is 7.25. The maximum atomic E-state index is 10.9. The third-order valence-electron chi connectivity index (χ3n) is 2.83. The van der Waals surface area contributed by atoms with Crippen LogP contribution in [0.25, 0.3) is 20.2 Å². The zero-order chi connectivity index (χ0) is 11.8. The molecule has 0 aliphatic carbocycles. The molecule has 0 unspecified atom stereocenters. The van der Waals surface area contributed by atoms with Crippen molar-refractivity contribution in [2.45, 2.75) is 6.42 Å². The van der Waals surface area contributed by atoms with Crippen molar-refractivity contribution in [2.24, 2.45) is 0 Å². The first kappa shape index (κ1) is 10.3. The Balaban J connectivity index is 2.39. The lowest BCUT2D eigenvalue weighted by atomic mass is 10.0. The second-order valence-corrected chi connectivity index (χ2v) is 5.04. The molecular weight excluding hydrogens is 232 g/mol. The van der Waals surface area contributed by atoms with Gasteiger partial charge in [-0.3, -0.25) is 4.79 Å². The molecule has 0 atom stereocenters. The summed E-state index contributed by atoms with van der Waals surface area (Å²) in [7, 11) is 0. The summed E-state index contributed by atoms with van der Waals surface area (Å²) in [6.07, 6.45) is 0.0814. The second kappa shape index (κ2) is 3.86. The fourth-order valence-corrected chi connectivity index (χ4v) is 3.31. The number of carboxylic acids is 1. The van der Waals surface area contributed by atoms with Gasteiger partial charge in [-0.2, -0.15) is 0 Å². The minimum absolute atomic E-state index is 0.0814. The molecule has 1 N–H and O–H groups in total. The van der Waals surface area contributed by atoms with Gasteiger partial charge in [0, 0.05) is 20.2 Å². The van der Waals surface area contributed by atoms with Crippen LogP contribution in [-0.4, -0.2) is 11.1 Å². The molecule has 0 aliphatic rings. The number of carboxylic acid groups (broad SMARTS) is 1. The zero-order valence-electron chi connectivity index (χ0n) is 9.01. The van der Waals surface area contributed by atoms with Crippen molar-refractivity contribution in [3.05, 3.63) is 48.0 Å². The van der Waals surface area contributed by atoms with Crippen molar-refractivity contribution in [1.29, 1.82) is 0 Å². The van der Waals surface area contributed by atoms with Crippen LogP contribution in [0.2, 0.25) is 0 Å². The van der Waals surface area contributed by atoms with E-state index in [4.69, 9.17) is 5.11 Å². The van der Waals surface area contributed by atoms with Gasteiger partial charge in [0.25, 0.3) is 0 Å². The van der Waals surface area contributed by atoms with Crippen LogP contribution in [0.1, 0.15) is 5.56 Å². The van der Waals surface area contributed by atoms with Gasteiger partial charge in [0.15, 0.2) is 0 Å². The van der Waals surface area contributed by atoms with Crippen LogP contribution in [0.5, 0.6) is 0 Å². The Morgan fingerprint density at radius 2 is 1.82 bits per heavy atom. The number of aliphatic carboxylic acids is 1. The van der Waals surface area contributed by atoms with E-state index in [1.165, 1.54) is 4.70 Å². The van der Waals surface area contributed by atoms with Crippen LogP contribution in [0.15, 0.2) is 42.5 Å². The summed E-state index contributed by atoms with van der Waals surface area (Å²) in [5.41, 5.74) is 0.896. The first-order valence-corrected chi connectivity index (χ1v) is 6.18. The fraction of sp³-hybridized carbons (Fsp3) is 0.0714. The number of fused-ring (bicyclic) bond motifs is 3. The molecule has 84 valence electrons. The van der Waals surface area contributed by atoms with Crippen molar-refractivity contribution in [3.63, 3.8) is 0 Å². The largest absolute Gasteiger partial charge is 0.481 e. The minimum atomic E-state index is -0.784. The summed E-state index contributed by atoms with van der Waals surface area (Å²) in [5.74, 6) is -0.784. The molecule has 2 nitrogen and oxygen atoms in total. The molecule has 1 heterocycles. The lowest BCUT2D eigenvalue weighted by Gasteiger charge is -2.00. The van der Waals surface area contributed by atoms with Crippen molar-refractivity contribution >= 4 is 37.5 Å². The number of hydrogen-bond acceptors (Lipinski definition) is 2. The number of hydrogen-bond donors (Lipinski definition) is 1. The highest BCUT2D eigenvalue weighted by Crippen LogP contribution is 2.35. The van der Waals surface area contributed by atoms with Crippen molar-refractivity contribution in [3.8, 4) is 0 Å². The van der Waals surface area contributed by atoms with Gasteiger partial charge in [0.05, 0.1) is 6.42 Å². The maximum Gasteiger partial charge on any atom is 0.307 e. The predicted octanol–water partition coefficient (Wildman–Crippen LogP) is 3.68. The molecule has 0 aliphatic heterocycles. The quantitative estimate of drug-likeness (QED) is 0.744. The Kier molecular flexibility index (Phi) is 2.34. The second-order valence-electron chi connectivity index (χ2n) is 3.96. The summed E-state index contributed by atoms with van der Waals surface area (Å²) < 4.78 is 2.37. The average molecular weight is 242 g/mol. The number of benzene rings is 2. The summed E-state index contributed by atoms with van der Waals surface area (Å²) in [6.45, 7) is 0. The smallest absolute Gasteiger partial charge is 0.307 e. The molecule has 0 spiro atoms. The Labute approximate surface area is 102 Å². The molecule has 1 aromatic heterocycles. The van der Waals surface area contributed by atoms with Crippen LogP contribution in [0, 0.1) is 0 Å². The van der Waals surface area contributed by atoms with Crippen molar-refractivity contribution in [1.82, 2.24) is 0 Å². The van der Waals surface area contributed by atoms with E-state index in [-0.39, 0.29) is 6.42 Å². The lowest BCUT2D eigenvalue weighted by Crippen LogP contribution is -1.99. The highest BCUT2D eigenvalue weighted by Gasteiger charge is 2.10. The zero-order valence-corrected chi connectivity index (χ0v) is 9.83. The average Bonchev–Trinajstić information content (AvgIpc) is 2.67. The molecule has 0 bridgehead atoms. The van der Waals surface area contributed by atoms with Crippen LogP contribution in [0.3, 0.4) is 0 Å². The van der Waals surface area contributed by atoms with Gasteiger partial charge < -0.3 is 5.11 Å². The number of thiophene rings is 1. The van der Waals surface area contributed by atoms with E-state index in [9.17, 15) is 4.79 Å². The van der Waals surface area contributed by atoms with Crippen LogP contribution in [-0.2, 0) is 11.2 Å². The third-order valence-corrected chi connectivity index (χ3v) is 3.97. The number of carbonyl (C=O) groups is 1. The highest BCUT2D eigenvalue weighted by atomic mass is 32.1. The first-order valence-electron chi connectivity index (χ1n) is 5.36. The van der Waals surface area contributed by atoms with Gasteiger partial charge >= 0.3 is 5.97 Å². The van der Waals surface area contributed by atoms with E-state index in [0.29, 0.717) is 0 Å². The van der Waals surface area contributed by atoms with Gasteiger partial charge in [-0.1, -0.05) is 30.3 Å². The molecule has 17 heavy (non-hydrogen) atoms. The summed E-state index contributed by atoms with van der Waals surface area (Å²) in [5, 5.41) is 11.2. The predicted molar refractivity (Wildman–Crippen MR) is 70.7 cm³/mol. The number of rotatable bonds is 2. The van der Waals surface area contributed by atoms with Gasteiger partial charge in [-0.15, -0.1) is 11.3 Å². The van der Waals surface area contributed by atoms with Crippen LogP contribution in [0.4, 0.5) is 0 Å². The fourth-order valence-electron chi connectivity index (χ4n) is 2.16. The van der Waals surface area contributed by atoms with Gasteiger partial charge in [-0.05, 0) is 17.7 Å². The van der Waals surface area contributed by atoms with E-state index in [1.54, 1.807) is 11.3 Å². The van der Waals surface area contributed by atoms with Crippen LogP contribution >= 0.6 is 11.3 Å². The van der Waals surface area contributed by atoms with E-state index < -0.39 is 5.97 Å². The summed E-state index contributed by atoms with van der Waals surface area (Å²) in [4.78, 5) is 10.9. The molecule has 0 amide bonds. The molecule has 0 saturated heterocycles. The van der Waals surface area contributed by atoms with Crippen LogP contribution < -0.4 is 0 Å². The molecule has 3 heteroatoms. The van der Waals surface area contributed by atoms with Crippen molar-refractivity contribution < 1.29 is 9.90 Å². The van der Waals surface area contributed by atoms with Gasteiger partial charge in [-0.25, -0.2) is 0 Å². The third kappa shape index (κ3) is 1.68. The van der Waals surface area contributed by atoms with E-state index in [1.807, 2.05) is 30.3 Å². The normalized spacial score (nSPS) is 11.1. The lowest BCUT2D eigenvalue weighted by molar-refractivity contribution is -0.136. The van der Waals surface area contributed by atoms with Gasteiger partial charge in [0.1, 0.15) is 0 Å². The van der Waals surface area contributed by atoms with E-state index >= 15 is 0 Å². The molecule has 0 saturated carbocycles. The maximum absolute atomic E-state index is 10.9. The van der Waals surface area contributed by atoms with Gasteiger partial charge in [0.2, 0.25) is 0 Å². The summed E-state index contributed by atoms with van der Waals surface area (Å²) >= 11 is 1.71. The van der Waals surface area contributed by atoms with E-state index in [0.717, 1.165) is 21.0 Å². The molecule has 2 aromatic carbocycles. The minimum Gasteiger partial charge on any atom is -0.481 e.